The van der Waals surface area contributed by atoms with Crippen molar-refractivity contribution in [3.05, 3.63) is 34.6 Å². The molecule has 27 heavy (non-hydrogen) atoms. The topological polar surface area (TPSA) is 43.8 Å². The normalized spacial score (nSPS) is 28.1. The lowest BCUT2D eigenvalue weighted by Crippen LogP contribution is -2.43. The molecule has 0 unspecified atom stereocenters. The lowest BCUT2D eigenvalue weighted by Gasteiger charge is -2.30. The van der Waals surface area contributed by atoms with E-state index in [4.69, 9.17) is 11.6 Å². The average molecular weight is 405 g/mol. The molecule has 8 heteroatoms. The van der Waals surface area contributed by atoms with Gasteiger partial charge in [0.25, 0.3) is 11.8 Å². The van der Waals surface area contributed by atoms with E-state index in [2.05, 4.69) is 0 Å². The van der Waals surface area contributed by atoms with Crippen LogP contribution in [0.25, 0.3) is 0 Å². The first kappa shape index (κ1) is 20.4. The van der Waals surface area contributed by atoms with Crippen molar-refractivity contribution < 1.29 is 23.1 Å². The fraction of sp³-hybridized carbons (Fsp3) is 0.632. The standard InChI is InChI=1S/C19H24ClF3N2O2/c1-2-12-8-25(18(27)13-3-4-16(21)15(20)7-13)17(10-26)14(12)9-24-6-5-19(22,23)11-24/h3-4,7,12,14,17,26H,2,5-6,8-11H2,1H3/t12-,14-,17-/m1/s1. The first-order chi connectivity index (χ1) is 12.8. The first-order valence-corrected chi connectivity index (χ1v) is 9.60. The Kier molecular flexibility index (Phi) is 6.03. The number of carbonyl (C=O) groups excluding carboxylic acids is 1. The number of hydrogen-bond acceptors (Lipinski definition) is 3. The average Bonchev–Trinajstić information content (AvgIpc) is 3.16. The van der Waals surface area contributed by atoms with Crippen molar-refractivity contribution in [2.24, 2.45) is 11.8 Å². The Morgan fingerprint density at radius 1 is 1.41 bits per heavy atom. The van der Waals surface area contributed by atoms with E-state index < -0.39 is 17.8 Å². The van der Waals surface area contributed by atoms with Crippen LogP contribution in [0.5, 0.6) is 0 Å². The molecule has 0 aromatic heterocycles. The molecule has 150 valence electrons. The summed E-state index contributed by atoms with van der Waals surface area (Å²) in [5, 5.41) is 9.81. The molecule has 1 amide bonds. The second-order valence-corrected chi connectivity index (χ2v) is 7.92. The fourth-order valence-corrected chi connectivity index (χ4v) is 4.48. The zero-order chi connectivity index (χ0) is 19.8. The van der Waals surface area contributed by atoms with Crippen molar-refractivity contribution in [2.75, 3.05) is 32.8 Å². The summed E-state index contributed by atoms with van der Waals surface area (Å²) in [6.45, 7) is 2.65. The van der Waals surface area contributed by atoms with Gasteiger partial charge in [0.15, 0.2) is 0 Å². The molecule has 0 radical (unpaired) electrons. The van der Waals surface area contributed by atoms with Gasteiger partial charge in [-0.25, -0.2) is 13.2 Å². The van der Waals surface area contributed by atoms with Crippen molar-refractivity contribution in [1.29, 1.82) is 0 Å². The zero-order valence-corrected chi connectivity index (χ0v) is 15.9. The van der Waals surface area contributed by atoms with Crippen LogP contribution in [0.2, 0.25) is 5.02 Å². The van der Waals surface area contributed by atoms with Crippen LogP contribution in [0.15, 0.2) is 18.2 Å². The zero-order valence-electron chi connectivity index (χ0n) is 15.2. The Morgan fingerprint density at radius 2 is 2.15 bits per heavy atom. The van der Waals surface area contributed by atoms with Crippen LogP contribution in [0, 0.1) is 17.7 Å². The van der Waals surface area contributed by atoms with E-state index in [0.29, 0.717) is 19.6 Å². The highest BCUT2D eigenvalue weighted by Gasteiger charge is 2.46. The van der Waals surface area contributed by atoms with Gasteiger partial charge in [0.05, 0.1) is 24.2 Å². The number of nitrogens with zero attached hydrogens (tertiary/aromatic N) is 2. The predicted molar refractivity (Wildman–Crippen MR) is 96.6 cm³/mol. The number of hydrogen-bond donors (Lipinski definition) is 1. The Balaban J connectivity index is 1.78. The summed E-state index contributed by atoms with van der Waals surface area (Å²) in [4.78, 5) is 16.2. The van der Waals surface area contributed by atoms with Crippen LogP contribution >= 0.6 is 11.6 Å². The second-order valence-electron chi connectivity index (χ2n) is 7.51. The molecule has 4 nitrogen and oxygen atoms in total. The van der Waals surface area contributed by atoms with Gasteiger partial charge in [-0.15, -0.1) is 0 Å². The molecule has 3 rings (SSSR count). The maximum Gasteiger partial charge on any atom is 0.261 e. The lowest BCUT2D eigenvalue weighted by atomic mass is 9.88. The van der Waals surface area contributed by atoms with E-state index in [9.17, 15) is 23.1 Å². The van der Waals surface area contributed by atoms with E-state index in [1.165, 1.54) is 12.1 Å². The third kappa shape index (κ3) is 4.25. The van der Waals surface area contributed by atoms with Gasteiger partial charge in [-0.3, -0.25) is 9.69 Å². The van der Waals surface area contributed by atoms with Gasteiger partial charge in [0.1, 0.15) is 5.82 Å². The van der Waals surface area contributed by atoms with Crippen LogP contribution in [-0.4, -0.2) is 65.6 Å². The molecule has 0 spiro atoms. The molecule has 1 aromatic carbocycles. The molecule has 2 aliphatic heterocycles. The monoisotopic (exact) mass is 404 g/mol. The molecule has 1 aromatic rings. The SMILES string of the molecule is CC[C@@H]1CN(C(=O)c2ccc(F)c(Cl)c2)[C@H](CO)[C@@H]1CN1CCC(F)(F)C1. The molecule has 2 aliphatic rings. The Hall–Kier alpha value is -1.31. The maximum atomic E-state index is 13.5. The summed E-state index contributed by atoms with van der Waals surface area (Å²) in [7, 11) is 0. The number of halogens is 4. The smallest absolute Gasteiger partial charge is 0.261 e. The number of benzene rings is 1. The summed E-state index contributed by atoms with van der Waals surface area (Å²) < 4.78 is 40.4. The van der Waals surface area contributed by atoms with Gasteiger partial charge >= 0.3 is 0 Å². The molecule has 1 N–H and O–H groups in total. The van der Waals surface area contributed by atoms with Crippen molar-refractivity contribution >= 4 is 17.5 Å². The van der Waals surface area contributed by atoms with Gasteiger partial charge in [0.2, 0.25) is 0 Å². The van der Waals surface area contributed by atoms with Crippen molar-refractivity contribution in [2.45, 2.75) is 31.7 Å². The van der Waals surface area contributed by atoms with E-state index in [1.807, 2.05) is 6.92 Å². The van der Waals surface area contributed by atoms with Gasteiger partial charge in [-0.05, 0) is 30.0 Å². The number of alkyl halides is 2. The molecule has 0 aliphatic carbocycles. The summed E-state index contributed by atoms with van der Waals surface area (Å²) in [6.07, 6.45) is 0.621. The first-order valence-electron chi connectivity index (χ1n) is 9.22. The van der Waals surface area contributed by atoms with Crippen LogP contribution in [0.4, 0.5) is 13.2 Å². The molecule has 2 fully saturated rings. The lowest BCUT2D eigenvalue weighted by molar-refractivity contribution is 0.00885. The minimum absolute atomic E-state index is 0.0891. The highest BCUT2D eigenvalue weighted by atomic mass is 35.5. The molecule has 0 bridgehead atoms. The molecular formula is C19H24ClF3N2O2. The molecule has 2 saturated heterocycles. The van der Waals surface area contributed by atoms with E-state index in [0.717, 1.165) is 12.5 Å². The molecule has 0 saturated carbocycles. The third-order valence-electron chi connectivity index (χ3n) is 5.79. The minimum atomic E-state index is -2.67. The number of amides is 1. The number of aliphatic hydroxyl groups excluding tert-OH is 1. The Morgan fingerprint density at radius 3 is 2.70 bits per heavy atom. The minimum Gasteiger partial charge on any atom is -0.394 e. The number of likely N-dealkylation sites (tertiary alicyclic amines) is 2. The van der Waals surface area contributed by atoms with Crippen LogP contribution in [0.3, 0.4) is 0 Å². The Labute approximate surface area is 161 Å². The highest BCUT2D eigenvalue weighted by molar-refractivity contribution is 6.31. The van der Waals surface area contributed by atoms with E-state index in [-0.39, 0.29) is 47.9 Å². The van der Waals surface area contributed by atoms with Gasteiger partial charge in [-0.2, -0.15) is 0 Å². The van der Waals surface area contributed by atoms with Gasteiger partial charge in [-0.1, -0.05) is 24.9 Å². The van der Waals surface area contributed by atoms with Crippen molar-refractivity contribution in [3.8, 4) is 0 Å². The van der Waals surface area contributed by atoms with E-state index in [1.54, 1.807) is 9.80 Å². The van der Waals surface area contributed by atoms with E-state index >= 15 is 0 Å². The second kappa shape index (κ2) is 7.97. The van der Waals surface area contributed by atoms with Gasteiger partial charge < -0.3 is 10.0 Å². The Bertz CT molecular complexity index is 704. The molecule has 3 atom stereocenters. The summed E-state index contributed by atoms with van der Waals surface area (Å²) >= 11 is 5.79. The third-order valence-corrected chi connectivity index (χ3v) is 6.08. The summed E-state index contributed by atoms with van der Waals surface area (Å²) in [5.74, 6) is -3.59. The van der Waals surface area contributed by atoms with Crippen LogP contribution in [-0.2, 0) is 0 Å². The number of rotatable bonds is 5. The molecule has 2 heterocycles. The largest absolute Gasteiger partial charge is 0.394 e. The maximum absolute atomic E-state index is 13.5. The van der Waals surface area contributed by atoms with Gasteiger partial charge in [0, 0.05) is 31.6 Å². The quantitative estimate of drug-likeness (QED) is 0.819. The van der Waals surface area contributed by atoms with Crippen LogP contribution in [0.1, 0.15) is 30.1 Å². The van der Waals surface area contributed by atoms with Crippen molar-refractivity contribution in [3.63, 3.8) is 0 Å². The fourth-order valence-electron chi connectivity index (χ4n) is 4.29. The summed E-state index contributed by atoms with van der Waals surface area (Å²) in [5.41, 5.74) is 0.253. The molecular weight excluding hydrogens is 381 g/mol. The van der Waals surface area contributed by atoms with Crippen LogP contribution < -0.4 is 0 Å². The summed E-state index contributed by atoms with van der Waals surface area (Å²) in [6, 6.07) is 3.33. The van der Waals surface area contributed by atoms with Crippen molar-refractivity contribution in [1.82, 2.24) is 9.80 Å². The number of aliphatic hydroxyl groups is 1. The predicted octanol–water partition coefficient (Wildman–Crippen LogP) is 3.28. The number of carbonyl (C=O) groups is 1. The highest BCUT2D eigenvalue weighted by Crippen LogP contribution is 2.36.